The van der Waals surface area contributed by atoms with E-state index in [1.54, 1.807) is 0 Å². The summed E-state index contributed by atoms with van der Waals surface area (Å²) in [7, 11) is 0. The zero-order chi connectivity index (χ0) is 11.1. The lowest BCUT2D eigenvalue weighted by atomic mass is 9.93. The van der Waals surface area contributed by atoms with E-state index in [1.165, 1.54) is 5.56 Å². The zero-order valence-electron chi connectivity index (χ0n) is 8.82. The molecular weight excluding hydrogens is 208 g/mol. The van der Waals surface area contributed by atoms with E-state index in [0.717, 1.165) is 24.3 Å². The first kappa shape index (κ1) is 12.3. The van der Waals surface area contributed by atoms with Gasteiger partial charge < -0.3 is 5.11 Å². The van der Waals surface area contributed by atoms with Gasteiger partial charge in [-0.05, 0) is 42.9 Å². The van der Waals surface area contributed by atoms with Crippen molar-refractivity contribution in [3.05, 3.63) is 47.5 Å². The highest BCUT2D eigenvalue weighted by Gasteiger charge is 2.07. The second-order valence-corrected chi connectivity index (χ2v) is 4.17. The van der Waals surface area contributed by atoms with Gasteiger partial charge in [0.2, 0.25) is 0 Å². The number of benzene rings is 1. The van der Waals surface area contributed by atoms with Crippen molar-refractivity contribution in [2.75, 3.05) is 6.61 Å². The van der Waals surface area contributed by atoms with Gasteiger partial charge in [-0.15, -0.1) is 6.58 Å². The van der Waals surface area contributed by atoms with E-state index >= 15 is 0 Å². The molecule has 0 spiro atoms. The third-order valence-corrected chi connectivity index (χ3v) is 2.73. The van der Waals surface area contributed by atoms with Crippen LogP contribution >= 0.6 is 11.6 Å². The molecule has 0 aliphatic carbocycles. The van der Waals surface area contributed by atoms with Crippen LogP contribution in [0.3, 0.4) is 0 Å². The molecule has 0 radical (unpaired) electrons. The average molecular weight is 225 g/mol. The van der Waals surface area contributed by atoms with Gasteiger partial charge in [0, 0.05) is 11.6 Å². The Kier molecular flexibility index (Phi) is 5.44. The van der Waals surface area contributed by atoms with Gasteiger partial charge in [-0.1, -0.05) is 29.8 Å². The maximum absolute atomic E-state index is 8.93. The minimum Gasteiger partial charge on any atom is -0.396 e. The van der Waals surface area contributed by atoms with Crippen molar-refractivity contribution in [3.8, 4) is 0 Å². The van der Waals surface area contributed by atoms with Crippen molar-refractivity contribution in [1.29, 1.82) is 0 Å². The van der Waals surface area contributed by atoms with Gasteiger partial charge in [-0.3, -0.25) is 0 Å². The summed E-state index contributed by atoms with van der Waals surface area (Å²) >= 11 is 5.81. The molecule has 1 unspecified atom stereocenters. The Balaban J connectivity index is 2.56. The first-order valence-corrected chi connectivity index (χ1v) is 5.60. The van der Waals surface area contributed by atoms with Gasteiger partial charge in [0.1, 0.15) is 0 Å². The van der Waals surface area contributed by atoms with Crippen LogP contribution in [0.2, 0.25) is 5.02 Å². The lowest BCUT2D eigenvalue weighted by Gasteiger charge is -2.13. The quantitative estimate of drug-likeness (QED) is 0.734. The number of halogens is 1. The molecule has 0 heterocycles. The van der Waals surface area contributed by atoms with Gasteiger partial charge >= 0.3 is 0 Å². The minimum atomic E-state index is 0.242. The third kappa shape index (κ3) is 4.50. The molecule has 82 valence electrons. The predicted octanol–water partition coefficient (Wildman–Crippen LogP) is 3.46. The molecule has 0 fully saturated rings. The monoisotopic (exact) mass is 224 g/mol. The van der Waals surface area contributed by atoms with Crippen molar-refractivity contribution in [2.45, 2.75) is 19.3 Å². The summed E-state index contributed by atoms with van der Waals surface area (Å²) in [6, 6.07) is 7.88. The van der Waals surface area contributed by atoms with E-state index in [4.69, 9.17) is 16.7 Å². The molecule has 1 rings (SSSR count). The second-order valence-electron chi connectivity index (χ2n) is 3.73. The van der Waals surface area contributed by atoms with E-state index in [0.29, 0.717) is 5.92 Å². The molecule has 1 aromatic carbocycles. The van der Waals surface area contributed by atoms with E-state index < -0.39 is 0 Å². The molecule has 1 nitrogen and oxygen atoms in total. The van der Waals surface area contributed by atoms with Crippen LogP contribution in [0.25, 0.3) is 0 Å². The van der Waals surface area contributed by atoms with Crippen LogP contribution in [0.1, 0.15) is 18.4 Å². The summed E-state index contributed by atoms with van der Waals surface area (Å²) in [6.07, 6.45) is 4.66. The SMILES string of the molecule is C=CCC(CCO)Cc1ccc(Cl)cc1. The molecule has 0 bridgehead atoms. The molecule has 0 saturated carbocycles. The summed E-state index contributed by atoms with van der Waals surface area (Å²) in [4.78, 5) is 0. The van der Waals surface area contributed by atoms with Crippen LogP contribution in [-0.2, 0) is 6.42 Å². The Labute approximate surface area is 96.4 Å². The molecule has 0 aliphatic rings. The Morgan fingerprint density at radius 1 is 1.33 bits per heavy atom. The van der Waals surface area contributed by atoms with Gasteiger partial charge in [-0.25, -0.2) is 0 Å². The number of aliphatic hydroxyl groups is 1. The molecule has 0 aromatic heterocycles. The van der Waals surface area contributed by atoms with Crippen LogP contribution in [0.15, 0.2) is 36.9 Å². The summed E-state index contributed by atoms with van der Waals surface area (Å²) in [6.45, 7) is 3.98. The lowest BCUT2D eigenvalue weighted by Crippen LogP contribution is -2.05. The highest BCUT2D eigenvalue weighted by Crippen LogP contribution is 2.18. The highest BCUT2D eigenvalue weighted by molar-refractivity contribution is 6.30. The van der Waals surface area contributed by atoms with Crippen molar-refractivity contribution < 1.29 is 5.11 Å². The molecule has 0 amide bonds. The minimum absolute atomic E-state index is 0.242. The van der Waals surface area contributed by atoms with Gasteiger partial charge in [0.15, 0.2) is 0 Å². The summed E-state index contributed by atoms with van der Waals surface area (Å²) in [5.41, 5.74) is 1.26. The van der Waals surface area contributed by atoms with E-state index in [9.17, 15) is 0 Å². The maximum Gasteiger partial charge on any atom is 0.0433 e. The van der Waals surface area contributed by atoms with Gasteiger partial charge in [0.25, 0.3) is 0 Å². The first-order valence-electron chi connectivity index (χ1n) is 5.22. The fraction of sp³-hybridized carbons (Fsp3) is 0.385. The van der Waals surface area contributed by atoms with Gasteiger partial charge in [0.05, 0.1) is 0 Å². The topological polar surface area (TPSA) is 20.2 Å². The Morgan fingerprint density at radius 3 is 2.53 bits per heavy atom. The van der Waals surface area contributed by atoms with Crippen molar-refractivity contribution in [3.63, 3.8) is 0 Å². The Bertz CT molecular complexity index is 292. The number of aliphatic hydroxyl groups excluding tert-OH is 1. The van der Waals surface area contributed by atoms with Crippen molar-refractivity contribution >= 4 is 11.6 Å². The standard InChI is InChI=1S/C13H17ClO/c1-2-3-11(8-9-15)10-12-4-6-13(14)7-5-12/h2,4-7,11,15H,1,3,8-10H2. The smallest absolute Gasteiger partial charge is 0.0433 e. The van der Waals surface area contributed by atoms with E-state index in [2.05, 4.69) is 6.58 Å². The van der Waals surface area contributed by atoms with Crippen LogP contribution < -0.4 is 0 Å². The fourth-order valence-electron chi connectivity index (χ4n) is 1.68. The molecule has 0 aliphatic heterocycles. The third-order valence-electron chi connectivity index (χ3n) is 2.47. The molecule has 1 aromatic rings. The van der Waals surface area contributed by atoms with Crippen LogP contribution in [0, 0.1) is 5.92 Å². The van der Waals surface area contributed by atoms with Crippen LogP contribution in [-0.4, -0.2) is 11.7 Å². The number of hydrogen-bond acceptors (Lipinski definition) is 1. The van der Waals surface area contributed by atoms with Gasteiger partial charge in [-0.2, -0.15) is 0 Å². The largest absolute Gasteiger partial charge is 0.396 e. The number of allylic oxidation sites excluding steroid dienone is 1. The average Bonchev–Trinajstić information content (AvgIpc) is 2.22. The molecule has 15 heavy (non-hydrogen) atoms. The lowest BCUT2D eigenvalue weighted by molar-refractivity contribution is 0.256. The fourth-order valence-corrected chi connectivity index (χ4v) is 1.80. The van der Waals surface area contributed by atoms with E-state index in [1.807, 2.05) is 30.3 Å². The first-order chi connectivity index (χ1) is 7.26. The summed E-state index contributed by atoms with van der Waals surface area (Å²) < 4.78 is 0. The van der Waals surface area contributed by atoms with Crippen molar-refractivity contribution in [1.82, 2.24) is 0 Å². The van der Waals surface area contributed by atoms with Crippen LogP contribution in [0.4, 0.5) is 0 Å². The molecule has 1 N–H and O–H groups in total. The summed E-state index contributed by atoms with van der Waals surface area (Å²) in [5.74, 6) is 0.480. The molecule has 1 atom stereocenters. The zero-order valence-corrected chi connectivity index (χ0v) is 9.58. The number of hydrogen-bond donors (Lipinski definition) is 1. The summed E-state index contributed by atoms with van der Waals surface area (Å²) in [5, 5.41) is 9.70. The second kappa shape index (κ2) is 6.65. The molecule has 2 heteroatoms. The Hall–Kier alpha value is -0.790. The van der Waals surface area contributed by atoms with Crippen LogP contribution in [0.5, 0.6) is 0 Å². The van der Waals surface area contributed by atoms with Crippen molar-refractivity contribution in [2.24, 2.45) is 5.92 Å². The van der Waals surface area contributed by atoms with E-state index in [-0.39, 0.29) is 6.61 Å². The highest BCUT2D eigenvalue weighted by atomic mass is 35.5. The number of rotatable bonds is 6. The maximum atomic E-state index is 8.93. The molecular formula is C13H17ClO. The Morgan fingerprint density at radius 2 is 2.00 bits per heavy atom. The molecule has 0 saturated heterocycles. The normalized spacial score (nSPS) is 12.4. The predicted molar refractivity (Wildman–Crippen MR) is 65.2 cm³/mol.